The molecule has 0 fully saturated rings. The number of carbonyl (C=O) groups excluding carboxylic acids is 1. The molecule has 0 aromatic carbocycles. The summed E-state index contributed by atoms with van der Waals surface area (Å²) in [5.41, 5.74) is 0. The zero-order valence-electron chi connectivity index (χ0n) is 52.4. The van der Waals surface area contributed by atoms with Crippen molar-refractivity contribution in [2.24, 2.45) is 0 Å². The predicted octanol–water partition coefficient (Wildman–Crippen LogP) is 20.0. The monoisotopic (exact) mass is 1140 g/mol. The number of aliphatic hydroxyl groups excluding tert-OH is 1. The molecular weight excluding hydrogens is 1020 g/mol. The van der Waals surface area contributed by atoms with Gasteiger partial charge in [-0.05, 0) is 109 Å². The van der Waals surface area contributed by atoms with Gasteiger partial charge in [0, 0.05) is 6.42 Å². The molecule has 9 heteroatoms. The van der Waals surface area contributed by atoms with Gasteiger partial charge in [0.15, 0.2) is 0 Å². The molecule has 0 spiro atoms. The van der Waals surface area contributed by atoms with E-state index >= 15 is 0 Å². The third-order valence-electron chi connectivity index (χ3n) is 13.5. The van der Waals surface area contributed by atoms with E-state index in [1.165, 1.54) is 103 Å². The van der Waals surface area contributed by atoms with Crippen molar-refractivity contribution in [2.45, 2.75) is 251 Å². The molecule has 81 heavy (non-hydrogen) atoms. The number of aliphatic hydroxyl groups is 1. The van der Waals surface area contributed by atoms with E-state index in [2.05, 4.69) is 165 Å². The first kappa shape index (κ1) is 77.1. The Bertz CT molecular complexity index is 1870. The molecule has 0 heterocycles. The van der Waals surface area contributed by atoms with Crippen LogP contribution in [-0.4, -0.2) is 68.5 Å². The highest BCUT2D eigenvalue weighted by atomic mass is 31.2. The van der Waals surface area contributed by atoms with E-state index in [-0.39, 0.29) is 18.9 Å². The summed E-state index contributed by atoms with van der Waals surface area (Å²) >= 11 is 0. The number of amides is 1. The number of rotatable bonds is 57. The number of carbonyl (C=O) groups is 1. The summed E-state index contributed by atoms with van der Waals surface area (Å²) in [5.74, 6) is -0.245. The fourth-order valence-electron chi connectivity index (χ4n) is 8.49. The highest BCUT2D eigenvalue weighted by molar-refractivity contribution is 7.45. The number of hydrogen-bond acceptors (Lipinski definition) is 6. The zero-order valence-corrected chi connectivity index (χ0v) is 53.3. The van der Waals surface area contributed by atoms with Gasteiger partial charge in [-0.15, -0.1) is 0 Å². The van der Waals surface area contributed by atoms with Gasteiger partial charge in [0.05, 0.1) is 39.9 Å². The molecule has 3 unspecified atom stereocenters. The van der Waals surface area contributed by atoms with Crippen LogP contribution in [0.25, 0.3) is 0 Å². The lowest BCUT2D eigenvalue weighted by molar-refractivity contribution is -0.870. The minimum atomic E-state index is -4.62. The number of phosphoric ester groups is 1. The number of quaternary nitrogens is 1. The zero-order chi connectivity index (χ0) is 59.1. The van der Waals surface area contributed by atoms with Gasteiger partial charge in [0.1, 0.15) is 13.2 Å². The van der Waals surface area contributed by atoms with E-state index in [1.54, 1.807) is 6.08 Å². The molecular formula is C72H121N2O6P. The molecule has 2 N–H and O–H groups in total. The predicted molar refractivity (Wildman–Crippen MR) is 352 cm³/mol. The number of likely N-dealkylation sites (N-methyl/N-ethyl adjacent to an activating group) is 1. The van der Waals surface area contributed by atoms with Crippen molar-refractivity contribution >= 4 is 13.7 Å². The molecule has 0 rings (SSSR count). The average molecular weight is 1140 g/mol. The Kier molecular flexibility index (Phi) is 57.8. The summed E-state index contributed by atoms with van der Waals surface area (Å²) in [6.07, 6.45) is 94.8. The highest BCUT2D eigenvalue weighted by Crippen LogP contribution is 2.38. The Hall–Kier alpha value is -3.88. The molecule has 0 bridgehead atoms. The van der Waals surface area contributed by atoms with Crippen molar-refractivity contribution in [3.63, 3.8) is 0 Å². The summed E-state index contributed by atoms with van der Waals surface area (Å²) < 4.78 is 23.4. The first-order valence-electron chi connectivity index (χ1n) is 32.3. The van der Waals surface area contributed by atoms with E-state index in [9.17, 15) is 19.4 Å². The lowest BCUT2D eigenvalue weighted by atomic mass is 10.0. The van der Waals surface area contributed by atoms with Crippen molar-refractivity contribution in [1.29, 1.82) is 0 Å². The number of nitrogens with one attached hydrogen (secondary N) is 1. The largest absolute Gasteiger partial charge is 0.756 e. The van der Waals surface area contributed by atoms with Crippen LogP contribution in [0.3, 0.4) is 0 Å². The molecule has 0 aromatic rings. The Labute approximate surface area is 499 Å². The Balaban J connectivity index is 4.28. The standard InChI is InChI=1S/C72H121N2O6P/c1-6-8-10-12-14-16-18-20-22-24-26-28-29-30-31-32-33-34-35-36-37-38-39-40-41-42-43-44-45-46-48-50-52-54-56-58-60-62-64-66-72(76)73-70(69-80-81(77,78)79-68-67-74(3,4)5)71(75)65-63-61-59-57-55-53-51-49-47-27-25-23-21-19-17-15-13-11-9-7-2/h8,10,14,16,20,22,26,28,30-31,33-34,36-37,39-40,42-43,45-46,50,52,56,58,63,65,70-71,75H,6-7,9,11-13,15,17-19,21,23-25,27,29,32,35,38,41,44,47-49,51,53-55,57,59-62,64,66-69H2,1-5H3,(H-,73,76,77,78)/b10-8-,16-14-,22-20-,28-26-,31-30-,34-33-,37-36-,40-39-,43-42-,46-45-,52-50-,58-56-,65-63+. The average Bonchev–Trinajstić information content (AvgIpc) is 3.43. The van der Waals surface area contributed by atoms with Crippen molar-refractivity contribution in [3.8, 4) is 0 Å². The number of phosphoric acid groups is 1. The van der Waals surface area contributed by atoms with Gasteiger partial charge in [0.25, 0.3) is 7.82 Å². The van der Waals surface area contributed by atoms with Crippen LogP contribution in [0.5, 0.6) is 0 Å². The van der Waals surface area contributed by atoms with Gasteiger partial charge < -0.3 is 28.8 Å². The molecule has 0 aliphatic rings. The third-order valence-corrected chi connectivity index (χ3v) is 14.5. The maximum absolute atomic E-state index is 13.0. The molecule has 3 atom stereocenters. The summed E-state index contributed by atoms with van der Waals surface area (Å²) in [7, 11) is 1.21. The first-order valence-corrected chi connectivity index (χ1v) is 33.8. The molecule has 460 valence electrons. The summed E-state index contributed by atoms with van der Waals surface area (Å²) in [5, 5.41) is 13.9. The van der Waals surface area contributed by atoms with E-state index in [4.69, 9.17) is 9.05 Å². The summed E-state index contributed by atoms with van der Waals surface area (Å²) in [6.45, 7) is 4.50. The molecule has 1 amide bonds. The Morgan fingerprint density at radius 2 is 0.753 bits per heavy atom. The Morgan fingerprint density at radius 1 is 0.444 bits per heavy atom. The number of hydrogen-bond donors (Lipinski definition) is 2. The SMILES string of the molecule is CC/C=C\C/C=C\C/C=C\C/C=C\C/C=C\C/C=C\C/C=C\C/C=C\C/C=C\C/C=C\C/C=C\C/C=C\CCCCC(=O)NC(COP(=O)([O-])OCC[N+](C)(C)C)C(O)/C=C/CCCCCCCCCCCCCCCCCCCC. The third kappa shape index (κ3) is 63.5. The van der Waals surface area contributed by atoms with Crippen LogP contribution in [0.15, 0.2) is 158 Å². The molecule has 0 radical (unpaired) electrons. The second kappa shape index (κ2) is 60.7. The van der Waals surface area contributed by atoms with Gasteiger partial charge in [-0.25, -0.2) is 0 Å². The smallest absolute Gasteiger partial charge is 0.268 e. The molecule has 0 saturated carbocycles. The molecule has 0 aliphatic heterocycles. The van der Waals surface area contributed by atoms with Crippen molar-refractivity contribution in [3.05, 3.63) is 158 Å². The van der Waals surface area contributed by atoms with Crippen LogP contribution in [0.1, 0.15) is 239 Å². The summed E-state index contributed by atoms with van der Waals surface area (Å²) in [6, 6.07) is -0.923. The second-order valence-corrected chi connectivity index (χ2v) is 23.8. The quantitative estimate of drug-likeness (QED) is 0.0272. The van der Waals surface area contributed by atoms with Gasteiger partial charge in [-0.3, -0.25) is 9.36 Å². The van der Waals surface area contributed by atoms with E-state index in [0.29, 0.717) is 17.4 Å². The maximum Gasteiger partial charge on any atom is 0.268 e. The van der Waals surface area contributed by atoms with Crippen LogP contribution in [0, 0.1) is 0 Å². The topological polar surface area (TPSA) is 108 Å². The van der Waals surface area contributed by atoms with Crippen molar-refractivity contribution in [2.75, 3.05) is 40.9 Å². The molecule has 0 aromatic heterocycles. The highest BCUT2D eigenvalue weighted by Gasteiger charge is 2.23. The van der Waals surface area contributed by atoms with E-state index < -0.39 is 26.6 Å². The van der Waals surface area contributed by atoms with Crippen molar-refractivity contribution in [1.82, 2.24) is 5.32 Å². The fourth-order valence-corrected chi connectivity index (χ4v) is 9.21. The first-order chi connectivity index (χ1) is 39.5. The van der Waals surface area contributed by atoms with Crippen molar-refractivity contribution < 1.29 is 32.9 Å². The lowest BCUT2D eigenvalue weighted by Gasteiger charge is -2.29. The number of unbranched alkanes of at least 4 members (excludes halogenated alkanes) is 20. The van der Waals surface area contributed by atoms with Crippen LogP contribution in [-0.2, 0) is 18.4 Å². The van der Waals surface area contributed by atoms with Gasteiger partial charge >= 0.3 is 0 Å². The maximum atomic E-state index is 13.0. The molecule has 0 saturated heterocycles. The van der Waals surface area contributed by atoms with Gasteiger partial charge in [-0.2, -0.15) is 0 Å². The van der Waals surface area contributed by atoms with Gasteiger partial charge in [0.2, 0.25) is 5.91 Å². The minimum absolute atomic E-state index is 0.0178. The van der Waals surface area contributed by atoms with Gasteiger partial charge in [-0.1, -0.05) is 281 Å². The second-order valence-electron chi connectivity index (χ2n) is 22.4. The number of nitrogens with zero attached hydrogens (tertiary/aromatic N) is 1. The Morgan fingerprint density at radius 3 is 1.10 bits per heavy atom. The lowest BCUT2D eigenvalue weighted by Crippen LogP contribution is -2.45. The van der Waals surface area contributed by atoms with E-state index in [1.807, 2.05) is 27.2 Å². The molecule has 8 nitrogen and oxygen atoms in total. The van der Waals surface area contributed by atoms with Crippen LogP contribution in [0.4, 0.5) is 0 Å². The van der Waals surface area contributed by atoms with Crippen LogP contribution >= 0.6 is 7.82 Å². The van der Waals surface area contributed by atoms with E-state index in [0.717, 1.165) is 109 Å². The normalized spacial score (nSPS) is 14.8. The molecule has 0 aliphatic carbocycles. The number of allylic oxidation sites excluding steroid dienone is 25. The summed E-state index contributed by atoms with van der Waals surface area (Å²) in [4.78, 5) is 25.5. The fraction of sp³-hybridized carbons (Fsp3) is 0.625. The minimum Gasteiger partial charge on any atom is -0.756 e. The van der Waals surface area contributed by atoms with Crippen LogP contribution < -0.4 is 10.2 Å². The van der Waals surface area contributed by atoms with Crippen LogP contribution in [0.2, 0.25) is 0 Å².